The van der Waals surface area contributed by atoms with Crippen LogP contribution in [0.4, 0.5) is 0 Å². The SMILES string of the molecule is CS(=O)(=O)CCOCCNC(=O)CC1(CN)CCCCC1. The Hall–Kier alpha value is -0.660. The van der Waals surface area contributed by atoms with Gasteiger partial charge in [0.15, 0.2) is 0 Å². The monoisotopic (exact) mass is 320 g/mol. The van der Waals surface area contributed by atoms with Crippen LogP contribution in [0.5, 0.6) is 0 Å². The number of rotatable bonds is 9. The molecule has 0 unspecified atom stereocenters. The zero-order valence-corrected chi connectivity index (χ0v) is 13.7. The molecule has 7 heteroatoms. The van der Waals surface area contributed by atoms with E-state index in [0.717, 1.165) is 25.7 Å². The maximum absolute atomic E-state index is 11.9. The predicted octanol–water partition coefficient (Wildman–Crippen LogP) is 0.463. The summed E-state index contributed by atoms with van der Waals surface area (Å²) in [5.74, 6) is 0.0195. The van der Waals surface area contributed by atoms with Gasteiger partial charge in [-0.2, -0.15) is 0 Å². The fraction of sp³-hybridized carbons (Fsp3) is 0.929. The summed E-state index contributed by atoms with van der Waals surface area (Å²) in [6.07, 6.45) is 7.25. The molecule has 1 aliphatic carbocycles. The fourth-order valence-electron chi connectivity index (χ4n) is 2.73. The van der Waals surface area contributed by atoms with Crippen LogP contribution in [0.15, 0.2) is 0 Å². The van der Waals surface area contributed by atoms with Gasteiger partial charge in [-0.3, -0.25) is 4.79 Å². The Kier molecular flexibility index (Phi) is 7.62. The molecule has 0 bridgehead atoms. The quantitative estimate of drug-likeness (QED) is 0.602. The smallest absolute Gasteiger partial charge is 0.220 e. The molecule has 1 saturated carbocycles. The van der Waals surface area contributed by atoms with Crippen molar-refractivity contribution in [1.82, 2.24) is 5.32 Å². The van der Waals surface area contributed by atoms with Crippen molar-refractivity contribution >= 4 is 15.7 Å². The van der Waals surface area contributed by atoms with Gasteiger partial charge < -0.3 is 15.8 Å². The van der Waals surface area contributed by atoms with E-state index in [9.17, 15) is 13.2 Å². The summed E-state index contributed by atoms with van der Waals surface area (Å²) in [5.41, 5.74) is 5.83. The Morgan fingerprint density at radius 3 is 2.48 bits per heavy atom. The standard InChI is InChI=1S/C14H28N2O4S/c1-21(18,19)10-9-20-8-7-16-13(17)11-14(12-15)5-3-2-4-6-14/h2-12,15H2,1H3,(H,16,17). The summed E-state index contributed by atoms with van der Waals surface area (Å²) >= 11 is 0. The van der Waals surface area contributed by atoms with Gasteiger partial charge in [-0.25, -0.2) is 8.42 Å². The number of nitrogens with two attached hydrogens (primary N) is 1. The van der Waals surface area contributed by atoms with Crippen LogP contribution in [0.1, 0.15) is 38.5 Å². The van der Waals surface area contributed by atoms with Crippen molar-refractivity contribution < 1.29 is 17.9 Å². The van der Waals surface area contributed by atoms with E-state index in [4.69, 9.17) is 10.5 Å². The van der Waals surface area contributed by atoms with Gasteiger partial charge in [0.1, 0.15) is 9.84 Å². The molecule has 0 aromatic rings. The topological polar surface area (TPSA) is 98.5 Å². The summed E-state index contributed by atoms with van der Waals surface area (Å²) in [4.78, 5) is 11.9. The fourth-order valence-corrected chi connectivity index (χ4v) is 3.15. The van der Waals surface area contributed by atoms with E-state index >= 15 is 0 Å². The average Bonchev–Trinajstić information content (AvgIpc) is 2.42. The highest BCUT2D eigenvalue weighted by molar-refractivity contribution is 7.90. The first-order valence-electron chi connectivity index (χ1n) is 7.59. The second-order valence-electron chi connectivity index (χ2n) is 6.03. The second kappa shape index (κ2) is 8.70. The number of amides is 1. The lowest BCUT2D eigenvalue weighted by Crippen LogP contribution is -2.39. The Labute approximate surface area is 127 Å². The first kappa shape index (κ1) is 18.4. The van der Waals surface area contributed by atoms with Crippen molar-refractivity contribution in [2.24, 2.45) is 11.1 Å². The molecule has 1 rings (SSSR count). The zero-order valence-electron chi connectivity index (χ0n) is 12.9. The normalized spacial score (nSPS) is 18.4. The third-order valence-electron chi connectivity index (χ3n) is 4.05. The molecule has 1 fully saturated rings. The summed E-state index contributed by atoms with van der Waals surface area (Å²) in [6.45, 7) is 1.47. The van der Waals surface area contributed by atoms with Gasteiger partial charge in [0.05, 0.1) is 19.0 Å². The number of sulfone groups is 1. The highest BCUT2D eigenvalue weighted by Gasteiger charge is 2.32. The number of hydrogen-bond acceptors (Lipinski definition) is 5. The third-order valence-corrected chi connectivity index (χ3v) is 4.96. The van der Waals surface area contributed by atoms with Crippen molar-refractivity contribution in [3.8, 4) is 0 Å². The van der Waals surface area contributed by atoms with Crippen molar-refractivity contribution in [2.45, 2.75) is 38.5 Å². The molecule has 6 nitrogen and oxygen atoms in total. The van der Waals surface area contributed by atoms with Gasteiger partial charge in [0.2, 0.25) is 5.91 Å². The molecule has 0 aromatic carbocycles. The molecule has 3 N–H and O–H groups in total. The van der Waals surface area contributed by atoms with E-state index in [1.807, 2.05) is 0 Å². The molecule has 124 valence electrons. The molecular formula is C14H28N2O4S. The molecule has 21 heavy (non-hydrogen) atoms. The first-order chi connectivity index (χ1) is 9.87. The zero-order chi connectivity index (χ0) is 15.8. The molecule has 0 aromatic heterocycles. The van der Waals surface area contributed by atoms with Crippen LogP contribution >= 0.6 is 0 Å². The van der Waals surface area contributed by atoms with E-state index in [1.54, 1.807) is 0 Å². The molecule has 0 saturated heterocycles. The lowest BCUT2D eigenvalue weighted by Gasteiger charge is -2.35. The lowest BCUT2D eigenvalue weighted by atomic mass is 9.72. The van der Waals surface area contributed by atoms with Gasteiger partial charge in [-0.15, -0.1) is 0 Å². The Balaban J connectivity index is 2.16. The van der Waals surface area contributed by atoms with Crippen molar-refractivity contribution in [3.05, 3.63) is 0 Å². The van der Waals surface area contributed by atoms with Gasteiger partial charge in [0.25, 0.3) is 0 Å². The number of carbonyl (C=O) groups excluding carboxylic acids is 1. The van der Waals surface area contributed by atoms with E-state index in [2.05, 4.69) is 5.32 Å². The van der Waals surface area contributed by atoms with Crippen LogP contribution in [-0.4, -0.2) is 52.6 Å². The Morgan fingerprint density at radius 2 is 1.90 bits per heavy atom. The predicted molar refractivity (Wildman–Crippen MR) is 82.7 cm³/mol. The second-order valence-corrected chi connectivity index (χ2v) is 8.29. The summed E-state index contributed by atoms with van der Waals surface area (Å²) in [6, 6.07) is 0. The largest absolute Gasteiger partial charge is 0.379 e. The van der Waals surface area contributed by atoms with Gasteiger partial charge in [-0.05, 0) is 24.8 Å². The Morgan fingerprint density at radius 1 is 1.24 bits per heavy atom. The molecule has 0 aliphatic heterocycles. The van der Waals surface area contributed by atoms with Crippen LogP contribution in [0, 0.1) is 5.41 Å². The van der Waals surface area contributed by atoms with Gasteiger partial charge in [-0.1, -0.05) is 19.3 Å². The van der Waals surface area contributed by atoms with E-state index in [0.29, 0.717) is 26.1 Å². The molecular weight excluding hydrogens is 292 g/mol. The van der Waals surface area contributed by atoms with Crippen LogP contribution in [0.3, 0.4) is 0 Å². The summed E-state index contributed by atoms with van der Waals surface area (Å²) < 4.78 is 27.0. The van der Waals surface area contributed by atoms with E-state index in [-0.39, 0.29) is 23.7 Å². The Bertz CT molecular complexity index is 417. The number of hydrogen-bond donors (Lipinski definition) is 2. The molecule has 1 aliphatic rings. The first-order valence-corrected chi connectivity index (χ1v) is 9.65. The van der Waals surface area contributed by atoms with E-state index < -0.39 is 9.84 Å². The van der Waals surface area contributed by atoms with E-state index in [1.165, 1.54) is 12.7 Å². The molecule has 0 spiro atoms. The van der Waals surface area contributed by atoms with Gasteiger partial charge >= 0.3 is 0 Å². The van der Waals surface area contributed by atoms with Crippen LogP contribution in [0.2, 0.25) is 0 Å². The molecule has 0 radical (unpaired) electrons. The van der Waals surface area contributed by atoms with Crippen molar-refractivity contribution in [1.29, 1.82) is 0 Å². The average molecular weight is 320 g/mol. The van der Waals surface area contributed by atoms with Crippen LogP contribution < -0.4 is 11.1 Å². The minimum Gasteiger partial charge on any atom is -0.379 e. The van der Waals surface area contributed by atoms with Crippen LogP contribution in [0.25, 0.3) is 0 Å². The highest BCUT2D eigenvalue weighted by Crippen LogP contribution is 2.38. The molecule has 0 heterocycles. The molecule has 0 atom stereocenters. The minimum atomic E-state index is -2.98. The third kappa shape index (κ3) is 7.78. The number of ether oxygens (including phenoxy) is 1. The maximum Gasteiger partial charge on any atom is 0.220 e. The minimum absolute atomic E-state index is 0.00839. The number of carbonyl (C=O) groups is 1. The van der Waals surface area contributed by atoms with Crippen LogP contribution in [-0.2, 0) is 19.4 Å². The lowest BCUT2D eigenvalue weighted by molar-refractivity contribution is -0.124. The maximum atomic E-state index is 11.9. The highest BCUT2D eigenvalue weighted by atomic mass is 32.2. The number of nitrogens with one attached hydrogen (secondary N) is 1. The van der Waals surface area contributed by atoms with Crippen molar-refractivity contribution in [2.75, 3.05) is 38.3 Å². The summed E-state index contributed by atoms with van der Waals surface area (Å²) in [5, 5.41) is 2.82. The summed E-state index contributed by atoms with van der Waals surface area (Å²) in [7, 11) is -2.98. The molecule has 1 amide bonds. The van der Waals surface area contributed by atoms with Crippen molar-refractivity contribution in [3.63, 3.8) is 0 Å². The van der Waals surface area contributed by atoms with Gasteiger partial charge in [0, 0.05) is 19.2 Å².